The molecule has 0 aliphatic carbocycles. The molecule has 4 N–H and O–H groups in total. The Hall–Kier alpha value is -0.680. The summed E-state index contributed by atoms with van der Waals surface area (Å²) in [5.74, 6) is -0.361. The van der Waals surface area contributed by atoms with E-state index < -0.39 is 0 Å². The van der Waals surface area contributed by atoms with Gasteiger partial charge in [-0.15, -0.1) is 0 Å². The number of likely N-dealkylation sites (N-methyl/N-ethyl adjacent to an activating group) is 1. The molecule has 1 unspecified atom stereocenters. The first kappa shape index (κ1) is 11.3. The topological polar surface area (TPSA) is 72.3 Å². The number of hydrogen-bond donors (Lipinski definition) is 2. The first-order chi connectivity index (χ1) is 5.49. The number of nitrogens with two attached hydrogens (primary N) is 2. The van der Waals surface area contributed by atoms with Crippen LogP contribution >= 0.6 is 12.2 Å². The minimum Gasteiger partial charge on any atom is -0.392 e. The Bertz CT molecular complexity index is 183. The lowest BCUT2D eigenvalue weighted by Gasteiger charge is -2.25. The van der Waals surface area contributed by atoms with Crippen molar-refractivity contribution >= 4 is 23.1 Å². The van der Waals surface area contributed by atoms with E-state index in [2.05, 4.69) is 0 Å². The summed E-state index contributed by atoms with van der Waals surface area (Å²) in [4.78, 5) is 12.8. The van der Waals surface area contributed by atoms with E-state index in [1.165, 1.54) is 0 Å². The molecule has 12 heavy (non-hydrogen) atoms. The zero-order chi connectivity index (χ0) is 9.72. The van der Waals surface area contributed by atoms with Gasteiger partial charge in [0, 0.05) is 0 Å². The molecule has 4 nitrogen and oxygen atoms in total. The van der Waals surface area contributed by atoms with Crippen LogP contribution in [-0.2, 0) is 4.79 Å². The predicted octanol–water partition coefficient (Wildman–Crippen LogP) is -0.532. The molecule has 5 heteroatoms. The second kappa shape index (κ2) is 5.05. The molecule has 0 saturated carbocycles. The molecule has 0 radical (unpaired) electrons. The molecule has 0 bridgehead atoms. The maximum Gasteiger partial charge on any atom is 0.231 e. The predicted molar refractivity (Wildman–Crippen MR) is 52.7 cm³/mol. The van der Waals surface area contributed by atoms with E-state index in [1.54, 1.807) is 0 Å². The van der Waals surface area contributed by atoms with E-state index in [1.807, 2.05) is 18.7 Å². The van der Waals surface area contributed by atoms with Crippen molar-refractivity contribution in [1.82, 2.24) is 4.90 Å². The van der Waals surface area contributed by atoms with Crippen LogP contribution in [0.3, 0.4) is 0 Å². The van der Waals surface area contributed by atoms with Gasteiger partial charge in [0.15, 0.2) is 0 Å². The zero-order valence-electron chi connectivity index (χ0n) is 7.41. The van der Waals surface area contributed by atoms with Crippen LogP contribution in [0.4, 0.5) is 0 Å². The lowest BCUT2D eigenvalue weighted by Crippen LogP contribution is -2.45. The third-order valence-corrected chi connectivity index (χ3v) is 2.07. The highest BCUT2D eigenvalue weighted by molar-refractivity contribution is 7.80. The average molecular weight is 189 g/mol. The van der Waals surface area contributed by atoms with Crippen LogP contribution in [0, 0.1) is 0 Å². The number of thiocarbonyl (C=S) groups is 1. The van der Waals surface area contributed by atoms with E-state index in [-0.39, 0.29) is 18.5 Å². The number of carbonyl (C=O) groups excluding carboxylic acids is 1. The van der Waals surface area contributed by atoms with Crippen molar-refractivity contribution in [2.45, 2.75) is 19.9 Å². The van der Waals surface area contributed by atoms with Gasteiger partial charge in [0.2, 0.25) is 5.91 Å². The second-order valence-electron chi connectivity index (χ2n) is 2.61. The highest BCUT2D eigenvalue weighted by Gasteiger charge is 2.15. The molecule has 0 heterocycles. The summed E-state index contributed by atoms with van der Waals surface area (Å²) in [6, 6.07) is -0.0718. The molecule has 0 aromatic heterocycles. The number of amides is 1. The van der Waals surface area contributed by atoms with Gasteiger partial charge in [-0.1, -0.05) is 19.1 Å². The number of nitrogens with zero attached hydrogens (tertiary/aromatic N) is 1. The van der Waals surface area contributed by atoms with Crippen molar-refractivity contribution in [2.75, 3.05) is 13.1 Å². The van der Waals surface area contributed by atoms with E-state index in [9.17, 15) is 4.79 Å². The molecule has 1 amide bonds. The van der Waals surface area contributed by atoms with E-state index >= 15 is 0 Å². The fourth-order valence-electron chi connectivity index (χ4n) is 0.903. The van der Waals surface area contributed by atoms with Crippen molar-refractivity contribution in [3.8, 4) is 0 Å². The minimum absolute atomic E-state index is 0.0718. The van der Waals surface area contributed by atoms with Crippen LogP contribution in [0.1, 0.15) is 13.8 Å². The van der Waals surface area contributed by atoms with Gasteiger partial charge < -0.3 is 11.5 Å². The van der Waals surface area contributed by atoms with Crippen molar-refractivity contribution in [1.29, 1.82) is 0 Å². The minimum atomic E-state index is -0.361. The normalized spacial score (nSPS) is 12.9. The highest BCUT2D eigenvalue weighted by Crippen LogP contribution is 1.97. The fraction of sp³-hybridized carbons (Fsp3) is 0.714. The molecular formula is C7H15N3OS. The highest BCUT2D eigenvalue weighted by atomic mass is 32.1. The third kappa shape index (κ3) is 3.64. The van der Waals surface area contributed by atoms with E-state index in [4.69, 9.17) is 23.7 Å². The number of carbonyl (C=O) groups is 1. The molecule has 0 aromatic rings. The molecule has 0 aliphatic heterocycles. The van der Waals surface area contributed by atoms with Crippen LogP contribution in [0.5, 0.6) is 0 Å². The summed E-state index contributed by atoms with van der Waals surface area (Å²) in [6.45, 7) is 4.70. The fourth-order valence-corrected chi connectivity index (χ4v) is 1.05. The van der Waals surface area contributed by atoms with Gasteiger partial charge in [0.25, 0.3) is 0 Å². The van der Waals surface area contributed by atoms with Crippen LogP contribution in [0.25, 0.3) is 0 Å². The lowest BCUT2D eigenvalue weighted by atomic mass is 10.3. The quantitative estimate of drug-likeness (QED) is 0.570. The Kier molecular flexibility index (Phi) is 4.77. The van der Waals surface area contributed by atoms with Gasteiger partial charge in [-0.25, -0.2) is 0 Å². The Balaban J connectivity index is 4.14. The molecule has 1 atom stereocenters. The molecule has 0 aliphatic rings. The van der Waals surface area contributed by atoms with Crippen molar-refractivity contribution in [2.24, 2.45) is 11.5 Å². The number of rotatable bonds is 5. The molecular weight excluding hydrogens is 174 g/mol. The Morgan fingerprint density at radius 2 is 2.08 bits per heavy atom. The average Bonchev–Trinajstić information content (AvgIpc) is 1.98. The summed E-state index contributed by atoms with van der Waals surface area (Å²) in [6.07, 6.45) is 0. The molecule has 0 spiro atoms. The second-order valence-corrected chi connectivity index (χ2v) is 3.08. The van der Waals surface area contributed by atoms with E-state index in [0.717, 1.165) is 0 Å². The summed E-state index contributed by atoms with van der Waals surface area (Å²) in [5, 5.41) is 0. The van der Waals surface area contributed by atoms with Gasteiger partial charge >= 0.3 is 0 Å². The SMILES string of the molecule is CCN(CC(N)=O)C(C)C(N)=S. The summed E-state index contributed by atoms with van der Waals surface area (Å²) < 4.78 is 0. The Labute approximate surface area is 77.9 Å². The van der Waals surface area contributed by atoms with Gasteiger partial charge in [-0.3, -0.25) is 9.69 Å². The van der Waals surface area contributed by atoms with Crippen molar-refractivity contribution in [3.05, 3.63) is 0 Å². The summed E-state index contributed by atoms with van der Waals surface area (Å²) in [5.41, 5.74) is 10.5. The van der Waals surface area contributed by atoms with Gasteiger partial charge in [0.05, 0.1) is 17.6 Å². The first-order valence-electron chi connectivity index (χ1n) is 3.80. The number of primary amides is 1. The monoisotopic (exact) mass is 189 g/mol. The van der Waals surface area contributed by atoms with E-state index in [0.29, 0.717) is 11.5 Å². The van der Waals surface area contributed by atoms with Gasteiger partial charge in [-0.2, -0.15) is 0 Å². The van der Waals surface area contributed by atoms with Gasteiger partial charge in [-0.05, 0) is 13.5 Å². The molecule has 70 valence electrons. The molecule has 0 fully saturated rings. The summed E-state index contributed by atoms with van der Waals surface area (Å²) in [7, 11) is 0. The standard InChI is InChI=1S/C7H15N3OS/c1-3-10(4-6(8)11)5(2)7(9)12/h5H,3-4H2,1-2H3,(H2,8,11)(H2,9,12). The van der Waals surface area contributed by atoms with Crippen LogP contribution in [-0.4, -0.2) is 34.9 Å². The maximum absolute atomic E-state index is 10.6. The number of hydrogen-bond acceptors (Lipinski definition) is 3. The van der Waals surface area contributed by atoms with Crippen molar-refractivity contribution < 1.29 is 4.79 Å². The Morgan fingerprint density at radius 3 is 2.33 bits per heavy atom. The lowest BCUT2D eigenvalue weighted by molar-refractivity contribution is -0.119. The van der Waals surface area contributed by atoms with Gasteiger partial charge in [0.1, 0.15) is 0 Å². The molecule has 0 rings (SSSR count). The molecule has 0 saturated heterocycles. The summed E-state index contributed by atoms with van der Waals surface area (Å²) >= 11 is 4.80. The third-order valence-electron chi connectivity index (χ3n) is 1.72. The van der Waals surface area contributed by atoms with Crippen LogP contribution < -0.4 is 11.5 Å². The van der Waals surface area contributed by atoms with Crippen LogP contribution in [0.2, 0.25) is 0 Å². The largest absolute Gasteiger partial charge is 0.392 e. The zero-order valence-corrected chi connectivity index (χ0v) is 8.23. The Morgan fingerprint density at radius 1 is 1.58 bits per heavy atom. The van der Waals surface area contributed by atoms with Crippen LogP contribution in [0.15, 0.2) is 0 Å². The molecule has 0 aromatic carbocycles. The first-order valence-corrected chi connectivity index (χ1v) is 4.21. The smallest absolute Gasteiger partial charge is 0.231 e. The maximum atomic E-state index is 10.6. The van der Waals surface area contributed by atoms with Crippen molar-refractivity contribution in [3.63, 3.8) is 0 Å².